The Bertz CT molecular complexity index is 636. The van der Waals surface area contributed by atoms with Crippen molar-refractivity contribution in [1.29, 1.82) is 0 Å². The Morgan fingerprint density at radius 3 is 2.79 bits per heavy atom. The Morgan fingerprint density at radius 2 is 2.00 bits per heavy atom. The quantitative estimate of drug-likeness (QED) is 0.791. The lowest BCUT2D eigenvalue weighted by atomic mass is 10.1. The molecule has 3 nitrogen and oxygen atoms in total. The van der Waals surface area contributed by atoms with Crippen molar-refractivity contribution in [1.82, 2.24) is 9.47 Å². The lowest BCUT2D eigenvalue weighted by molar-refractivity contribution is 0.0711. The molecule has 1 aliphatic heterocycles. The number of carbonyl (C=O) groups excluding carboxylic acids is 1. The van der Waals surface area contributed by atoms with E-state index >= 15 is 0 Å². The van der Waals surface area contributed by atoms with Crippen LogP contribution >= 0.6 is 23.2 Å². The smallest absolute Gasteiger partial charge is 0.255 e. The van der Waals surface area contributed by atoms with Crippen LogP contribution in [0.25, 0.3) is 0 Å². The van der Waals surface area contributed by atoms with Gasteiger partial charge in [-0.15, -0.1) is 0 Å². The summed E-state index contributed by atoms with van der Waals surface area (Å²) in [5.74, 6) is -0.0471. The average Bonchev–Trinajstić information content (AvgIpc) is 2.85. The summed E-state index contributed by atoms with van der Waals surface area (Å²) in [4.78, 5) is 14.3. The first-order chi connectivity index (χ1) is 9.15. The number of rotatable bonds is 1. The molecule has 19 heavy (non-hydrogen) atoms. The van der Waals surface area contributed by atoms with Gasteiger partial charge in [0, 0.05) is 30.0 Å². The van der Waals surface area contributed by atoms with Crippen LogP contribution in [-0.2, 0) is 13.1 Å². The lowest BCUT2D eigenvalue weighted by Gasteiger charge is -2.29. The van der Waals surface area contributed by atoms with Crippen LogP contribution in [0.5, 0.6) is 0 Å². The van der Waals surface area contributed by atoms with E-state index in [2.05, 4.69) is 4.57 Å². The van der Waals surface area contributed by atoms with Gasteiger partial charge >= 0.3 is 0 Å². The van der Waals surface area contributed by atoms with Crippen LogP contribution in [0.2, 0.25) is 10.0 Å². The average molecular weight is 295 g/mol. The number of hydrogen-bond donors (Lipinski definition) is 0. The second kappa shape index (κ2) is 4.91. The molecule has 1 aromatic heterocycles. The summed E-state index contributed by atoms with van der Waals surface area (Å²) in [6.45, 7) is 2.13. The third-order valence-corrected chi connectivity index (χ3v) is 3.88. The Hall–Kier alpha value is -1.45. The Balaban J connectivity index is 1.85. The van der Waals surface area contributed by atoms with Gasteiger partial charge in [0.25, 0.3) is 5.91 Å². The number of fused-ring (bicyclic) bond motifs is 1. The van der Waals surface area contributed by atoms with E-state index in [0.29, 0.717) is 28.7 Å². The molecule has 0 spiro atoms. The lowest BCUT2D eigenvalue weighted by Crippen LogP contribution is -2.38. The van der Waals surface area contributed by atoms with Gasteiger partial charge in [0.05, 0.1) is 17.1 Å². The Morgan fingerprint density at radius 1 is 1.16 bits per heavy atom. The Kier molecular flexibility index (Phi) is 3.25. The highest BCUT2D eigenvalue weighted by molar-refractivity contribution is 6.36. The number of hydrogen-bond acceptors (Lipinski definition) is 1. The molecule has 0 unspecified atom stereocenters. The maximum atomic E-state index is 12.5. The number of carbonyl (C=O) groups is 1. The van der Waals surface area contributed by atoms with Crippen molar-refractivity contribution in [2.24, 2.45) is 0 Å². The molecule has 1 aromatic carbocycles. The van der Waals surface area contributed by atoms with E-state index in [9.17, 15) is 4.79 Å². The highest BCUT2D eigenvalue weighted by Gasteiger charge is 2.22. The van der Waals surface area contributed by atoms with Gasteiger partial charge < -0.3 is 9.47 Å². The molecular formula is C14H12Cl2N2O. The van der Waals surface area contributed by atoms with Crippen molar-refractivity contribution in [3.8, 4) is 0 Å². The molecule has 5 heteroatoms. The van der Waals surface area contributed by atoms with E-state index in [1.807, 2.05) is 23.2 Å². The first-order valence-corrected chi connectivity index (χ1v) is 6.79. The molecule has 0 aliphatic carbocycles. The Labute approximate surface area is 121 Å². The van der Waals surface area contributed by atoms with Gasteiger partial charge in [-0.25, -0.2) is 0 Å². The summed E-state index contributed by atoms with van der Waals surface area (Å²) in [7, 11) is 0. The van der Waals surface area contributed by atoms with Gasteiger partial charge in [-0.2, -0.15) is 0 Å². The zero-order chi connectivity index (χ0) is 13.4. The molecular weight excluding hydrogens is 283 g/mol. The fraction of sp³-hybridized carbons (Fsp3) is 0.214. The van der Waals surface area contributed by atoms with Crippen molar-refractivity contribution in [3.63, 3.8) is 0 Å². The van der Waals surface area contributed by atoms with Crippen molar-refractivity contribution >= 4 is 29.1 Å². The number of aromatic nitrogens is 1. The molecule has 3 rings (SSSR count). The molecule has 1 aliphatic rings. The van der Waals surface area contributed by atoms with Gasteiger partial charge in [0.15, 0.2) is 0 Å². The van der Waals surface area contributed by atoms with Gasteiger partial charge in [0.2, 0.25) is 0 Å². The van der Waals surface area contributed by atoms with Gasteiger partial charge in [-0.3, -0.25) is 4.79 Å². The first-order valence-electron chi connectivity index (χ1n) is 6.03. The molecule has 0 atom stereocenters. The summed E-state index contributed by atoms with van der Waals surface area (Å²) in [6.07, 6.45) is 2.03. The minimum Gasteiger partial charge on any atom is -0.348 e. The summed E-state index contributed by atoms with van der Waals surface area (Å²) >= 11 is 11.9. The zero-order valence-corrected chi connectivity index (χ0v) is 11.7. The van der Waals surface area contributed by atoms with Crippen molar-refractivity contribution < 1.29 is 4.79 Å². The summed E-state index contributed by atoms with van der Waals surface area (Å²) in [5, 5.41) is 0.938. The molecule has 1 amide bonds. The second-order valence-corrected chi connectivity index (χ2v) is 5.39. The summed E-state index contributed by atoms with van der Waals surface area (Å²) in [5.41, 5.74) is 1.65. The van der Waals surface area contributed by atoms with Crippen molar-refractivity contribution in [2.45, 2.75) is 13.1 Å². The number of amides is 1. The maximum Gasteiger partial charge on any atom is 0.255 e. The van der Waals surface area contributed by atoms with Crippen LogP contribution in [0.15, 0.2) is 36.5 Å². The fourth-order valence-corrected chi connectivity index (χ4v) is 2.81. The second-order valence-electron chi connectivity index (χ2n) is 4.54. The van der Waals surface area contributed by atoms with Gasteiger partial charge in [0.1, 0.15) is 0 Å². The molecule has 0 N–H and O–H groups in total. The summed E-state index contributed by atoms with van der Waals surface area (Å²) < 4.78 is 2.16. The normalized spacial score (nSPS) is 14.3. The van der Waals surface area contributed by atoms with Crippen LogP contribution in [0.3, 0.4) is 0 Å². The minimum absolute atomic E-state index is 0.0471. The highest BCUT2D eigenvalue weighted by Crippen LogP contribution is 2.24. The molecule has 0 bridgehead atoms. The van der Waals surface area contributed by atoms with Crippen LogP contribution in [0.1, 0.15) is 16.1 Å². The molecule has 0 radical (unpaired) electrons. The largest absolute Gasteiger partial charge is 0.348 e. The predicted molar refractivity (Wildman–Crippen MR) is 75.6 cm³/mol. The van der Waals surface area contributed by atoms with E-state index in [-0.39, 0.29) is 5.91 Å². The summed E-state index contributed by atoms with van der Waals surface area (Å²) in [6, 6.07) is 9.00. The number of halogens is 2. The number of nitrogens with zero attached hydrogens (tertiary/aromatic N) is 2. The molecule has 98 valence electrons. The molecule has 2 heterocycles. The predicted octanol–water partition coefficient (Wildman–Crippen LogP) is 3.45. The van der Waals surface area contributed by atoms with Gasteiger partial charge in [-0.05, 0) is 30.3 Å². The number of benzene rings is 1. The molecule has 0 fully saturated rings. The van der Waals surface area contributed by atoms with E-state index < -0.39 is 0 Å². The third-order valence-electron chi connectivity index (χ3n) is 3.34. The highest BCUT2D eigenvalue weighted by atomic mass is 35.5. The maximum absolute atomic E-state index is 12.5. The van der Waals surface area contributed by atoms with Crippen LogP contribution < -0.4 is 0 Å². The zero-order valence-electron chi connectivity index (χ0n) is 10.1. The molecule has 0 saturated heterocycles. The molecule has 0 saturated carbocycles. The fourth-order valence-electron chi connectivity index (χ4n) is 2.32. The minimum atomic E-state index is -0.0471. The van der Waals surface area contributed by atoms with Crippen LogP contribution in [0, 0.1) is 0 Å². The topological polar surface area (TPSA) is 25.2 Å². The third kappa shape index (κ3) is 2.36. The molecule has 2 aromatic rings. The van der Waals surface area contributed by atoms with E-state index in [4.69, 9.17) is 23.2 Å². The van der Waals surface area contributed by atoms with Crippen molar-refractivity contribution in [2.75, 3.05) is 6.54 Å². The van der Waals surface area contributed by atoms with Crippen molar-refractivity contribution in [3.05, 3.63) is 57.8 Å². The van der Waals surface area contributed by atoms with E-state index in [1.165, 1.54) is 0 Å². The first kappa shape index (κ1) is 12.6. The van der Waals surface area contributed by atoms with E-state index in [1.54, 1.807) is 18.2 Å². The van der Waals surface area contributed by atoms with E-state index in [0.717, 1.165) is 12.2 Å². The van der Waals surface area contributed by atoms with Gasteiger partial charge in [-0.1, -0.05) is 23.2 Å². The van der Waals surface area contributed by atoms with Crippen LogP contribution in [-0.4, -0.2) is 21.9 Å². The SMILES string of the molecule is O=C(c1ccc(Cl)cc1Cl)N1CCn2cccc2C1. The van der Waals surface area contributed by atoms with Crippen LogP contribution in [0.4, 0.5) is 0 Å². The standard InChI is InChI=1S/C14H12Cl2N2O/c15-10-3-4-12(13(16)8-10)14(19)18-7-6-17-5-1-2-11(17)9-18/h1-5,8H,6-7,9H2. The monoisotopic (exact) mass is 294 g/mol.